The van der Waals surface area contributed by atoms with E-state index >= 15 is 0 Å². The van der Waals surface area contributed by atoms with E-state index in [9.17, 15) is 0 Å². The molecular weight excluding hydrogens is 320 g/mol. The first-order chi connectivity index (χ1) is 12.4. The molecule has 4 heteroatoms. The lowest BCUT2D eigenvalue weighted by Crippen LogP contribution is -2.27. The van der Waals surface area contributed by atoms with Crippen molar-refractivity contribution in [3.63, 3.8) is 0 Å². The second-order valence-corrected chi connectivity index (χ2v) is 7.54. The van der Waals surface area contributed by atoms with Crippen LogP contribution in [0, 0.1) is 6.92 Å². The Morgan fingerprint density at radius 1 is 0.846 bits per heavy atom. The van der Waals surface area contributed by atoms with Crippen LogP contribution in [0.4, 0.5) is 11.6 Å². The Balaban J connectivity index is 1.87. The number of aromatic nitrogens is 2. The van der Waals surface area contributed by atoms with E-state index in [2.05, 4.69) is 62.6 Å². The van der Waals surface area contributed by atoms with Gasteiger partial charge in [0.2, 0.25) is 0 Å². The Hall–Kier alpha value is -2.88. The molecular formula is C22H26N4. The summed E-state index contributed by atoms with van der Waals surface area (Å²) in [6.45, 7) is 9.18. The van der Waals surface area contributed by atoms with Crippen molar-refractivity contribution in [2.75, 3.05) is 10.6 Å². The van der Waals surface area contributed by atoms with Gasteiger partial charge in [-0.1, -0.05) is 60.2 Å². The second kappa shape index (κ2) is 7.56. The molecule has 0 saturated carbocycles. The van der Waals surface area contributed by atoms with Gasteiger partial charge in [0, 0.05) is 23.7 Å². The highest BCUT2D eigenvalue weighted by atomic mass is 15.1. The lowest BCUT2D eigenvalue weighted by Gasteiger charge is -2.22. The van der Waals surface area contributed by atoms with Crippen molar-refractivity contribution in [1.29, 1.82) is 0 Å². The van der Waals surface area contributed by atoms with Gasteiger partial charge >= 0.3 is 0 Å². The summed E-state index contributed by atoms with van der Waals surface area (Å²) in [6, 6.07) is 20.5. The number of hydrogen-bond donors (Lipinski definition) is 2. The summed E-state index contributed by atoms with van der Waals surface area (Å²) >= 11 is 0. The fraction of sp³-hybridized carbons (Fsp3) is 0.273. The number of aryl methyl sites for hydroxylation is 1. The summed E-state index contributed by atoms with van der Waals surface area (Å²) in [5.74, 6) is 2.34. The van der Waals surface area contributed by atoms with E-state index in [1.165, 1.54) is 11.1 Å². The van der Waals surface area contributed by atoms with Crippen molar-refractivity contribution in [2.24, 2.45) is 0 Å². The van der Waals surface area contributed by atoms with Crippen LogP contribution < -0.4 is 10.6 Å². The summed E-state index contributed by atoms with van der Waals surface area (Å²) in [7, 11) is 0. The van der Waals surface area contributed by atoms with Crippen LogP contribution in [0.25, 0.3) is 11.4 Å². The number of nitrogens with one attached hydrogen (secondary N) is 2. The minimum Gasteiger partial charge on any atom is -0.366 e. The van der Waals surface area contributed by atoms with E-state index in [0.29, 0.717) is 5.82 Å². The first-order valence-corrected chi connectivity index (χ1v) is 8.91. The molecule has 0 saturated heterocycles. The molecule has 0 atom stereocenters. The highest BCUT2D eigenvalue weighted by Crippen LogP contribution is 2.22. The first-order valence-electron chi connectivity index (χ1n) is 8.91. The molecule has 0 amide bonds. The zero-order valence-electron chi connectivity index (χ0n) is 15.9. The molecule has 0 fully saturated rings. The normalized spacial score (nSPS) is 11.2. The Labute approximate surface area is 155 Å². The van der Waals surface area contributed by atoms with Gasteiger partial charge in [-0.2, -0.15) is 0 Å². The summed E-state index contributed by atoms with van der Waals surface area (Å²) in [5, 5.41) is 6.87. The molecule has 0 unspecified atom stereocenters. The molecule has 2 N–H and O–H groups in total. The van der Waals surface area contributed by atoms with Crippen molar-refractivity contribution in [1.82, 2.24) is 9.97 Å². The Kier molecular flexibility index (Phi) is 5.21. The van der Waals surface area contributed by atoms with E-state index in [4.69, 9.17) is 9.97 Å². The van der Waals surface area contributed by atoms with Crippen LogP contribution in [0.1, 0.15) is 31.9 Å². The maximum absolute atomic E-state index is 4.70. The molecule has 0 bridgehead atoms. The summed E-state index contributed by atoms with van der Waals surface area (Å²) in [6.07, 6.45) is 0. The fourth-order valence-electron chi connectivity index (χ4n) is 2.60. The minimum absolute atomic E-state index is 0.0729. The fourth-order valence-corrected chi connectivity index (χ4v) is 2.60. The molecule has 0 aliphatic rings. The van der Waals surface area contributed by atoms with Crippen LogP contribution in [0.5, 0.6) is 0 Å². The Morgan fingerprint density at radius 3 is 2.15 bits per heavy atom. The minimum atomic E-state index is -0.0729. The van der Waals surface area contributed by atoms with Crippen LogP contribution in [-0.4, -0.2) is 15.5 Å². The molecule has 0 radical (unpaired) electrons. The molecule has 4 nitrogen and oxygen atoms in total. The lowest BCUT2D eigenvalue weighted by atomic mass is 10.1. The number of rotatable bonds is 5. The summed E-state index contributed by atoms with van der Waals surface area (Å²) in [4.78, 5) is 9.40. The van der Waals surface area contributed by atoms with Gasteiger partial charge in [-0.25, -0.2) is 9.97 Å². The van der Waals surface area contributed by atoms with Crippen molar-refractivity contribution in [3.8, 4) is 11.4 Å². The number of anilines is 2. The van der Waals surface area contributed by atoms with Crippen LogP contribution in [0.15, 0.2) is 60.7 Å². The third-order valence-corrected chi connectivity index (χ3v) is 3.86. The first kappa shape index (κ1) is 17.9. The van der Waals surface area contributed by atoms with Gasteiger partial charge < -0.3 is 10.6 Å². The highest BCUT2D eigenvalue weighted by molar-refractivity contribution is 5.61. The zero-order chi connectivity index (χ0) is 18.6. The van der Waals surface area contributed by atoms with E-state index in [0.717, 1.165) is 23.7 Å². The van der Waals surface area contributed by atoms with Crippen molar-refractivity contribution >= 4 is 11.6 Å². The lowest BCUT2D eigenvalue weighted by molar-refractivity contribution is 0.630. The van der Waals surface area contributed by atoms with E-state index < -0.39 is 0 Å². The molecule has 134 valence electrons. The van der Waals surface area contributed by atoms with Gasteiger partial charge in [0.15, 0.2) is 5.82 Å². The number of nitrogens with zero attached hydrogens (tertiary/aromatic N) is 2. The molecule has 0 spiro atoms. The smallest absolute Gasteiger partial charge is 0.163 e. The molecule has 2 aromatic carbocycles. The quantitative estimate of drug-likeness (QED) is 0.660. The Morgan fingerprint density at radius 2 is 1.50 bits per heavy atom. The average Bonchev–Trinajstić information content (AvgIpc) is 2.60. The van der Waals surface area contributed by atoms with Crippen molar-refractivity contribution in [3.05, 3.63) is 71.8 Å². The maximum atomic E-state index is 4.70. The standard InChI is InChI=1S/C22H26N4/c1-16-10-12-17(13-11-16)15-23-19-14-20(26-22(2,3)4)25-21(24-19)18-8-6-5-7-9-18/h5-14H,15H2,1-4H3,(H2,23,24,25,26). The van der Waals surface area contributed by atoms with E-state index in [-0.39, 0.29) is 5.54 Å². The van der Waals surface area contributed by atoms with Crippen molar-refractivity contribution in [2.45, 2.75) is 39.8 Å². The molecule has 26 heavy (non-hydrogen) atoms. The molecule has 0 aliphatic carbocycles. The molecule has 3 rings (SSSR count). The SMILES string of the molecule is Cc1ccc(CNc2cc(NC(C)(C)C)nc(-c3ccccc3)n2)cc1. The summed E-state index contributed by atoms with van der Waals surface area (Å²) < 4.78 is 0. The maximum Gasteiger partial charge on any atom is 0.163 e. The third-order valence-electron chi connectivity index (χ3n) is 3.86. The van der Waals surface area contributed by atoms with Gasteiger partial charge in [0.05, 0.1) is 0 Å². The predicted octanol–water partition coefficient (Wildman–Crippen LogP) is 5.27. The number of hydrogen-bond acceptors (Lipinski definition) is 4. The molecule has 0 aliphatic heterocycles. The van der Waals surface area contributed by atoms with Crippen molar-refractivity contribution < 1.29 is 0 Å². The van der Waals surface area contributed by atoms with E-state index in [1.807, 2.05) is 36.4 Å². The van der Waals surface area contributed by atoms with Crippen LogP contribution >= 0.6 is 0 Å². The Bertz CT molecular complexity index is 850. The van der Waals surface area contributed by atoms with Crippen LogP contribution in [-0.2, 0) is 6.54 Å². The van der Waals surface area contributed by atoms with Gasteiger partial charge in [-0.05, 0) is 33.3 Å². The average molecular weight is 346 g/mol. The zero-order valence-corrected chi connectivity index (χ0v) is 15.9. The largest absolute Gasteiger partial charge is 0.366 e. The molecule has 1 heterocycles. The monoisotopic (exact) mass is 346 g/mol. The summed E-state index contributed by atoms with van der Waals surface area (Å²) in [5.41, 5.74) is 3.42. The van der Waals surface area contributed by atoms with Gasteiger partial charge in [0.25, 0.3) is 0 Å². The predicted molar refractivity (Wildman–Crippen MR) is 109 cm³/mol. The van der Waals surface area contributed by atoms with Gasteiger partial charge in [-0.3, -0.25) is 0 Å². The topological polar surface area (TPSA) is 49.8 Å². The van der Waals surface area contributed by atoms with Gasteiger partial charge in [0.1, 0.15) is 11.6 Å². The van der Waals surface area contributed by atoms with E-state index in [1.54, 1.807) is 0 Å². The third kappa shape index (κ3) is 5.06. The number of benzene rings is 2. The van der Waals surface area contributed by atoms with Crippen LogP contribution in [0.2, 0.25) is 0 Å². The molecule has 1 aromatic heterocycles. The second-order valence-electron chi connectivity index (χ2n) is 7.54. The highest BCUT2D eigenvalue weighted by Gasteiger charge is 2.13. The molecule has 3 aromatic rings. The van der Waals surface area contributed by atoms with Crippen LogP contribution in [0.3, 0.4) is 0 Å². The van der Waals surface area contributed by atoms with Gasteiger partial charge in [-0.15, -0.1) is 0 Å².